The molecule has 0 aliphatic rings. The molecule has 0 aliphatic heterocycles. The van der Waals surface area contributed by atoms with E-state index >= 15 is 0 Å². The van der Waals surface area contributed by atoms with Crippen LogP contribution in [0.4, 0.5) is 24.7 Å². The second kappa shape index (κ2) is 5.21. The molecule has 102 valence electrons. The second-order valence-electron chi connectivity index (χ2n) is 4.10. The molecule has 0 atom stereocenters. The minimum atomic E-state index is -4.48. The molecule has 0 aliphatic carbocycles. The maximum atomic E-state index is 12.6. The van der Waals surface area contributed by atoms with Gasteiger partial charge in [0.05, 0.1) is 11.6 Å². The fourth-order valence-corrected chi connectivity index (χ4v) is 1.68. The minimum absolute atomic E-state index is 0.162. The van der Waals surface area contributed by atoms with Crippen molar-refractivity contribution in [2.45, 2.75) is 6.18 Å². The molecule has 0 saturated heterocycles. The van der Waals surface area contributed by atoms with Gasteiger partial charge in [0, 0.05) is 12.7 Å². The highest BCUT2D eigenvalue weighted by Crippen LogP contribution is 2.30. The predicted octanol–water partition coefficient (Wildman–Crippen LogP) is 3.74. The number of halogens is 3. The summed E-state index contributed by atoms with van der Waals surface area (Å²) in [5, 5.41) is 8.83. The Morgan fingerprint density at radius 2 is 1.85 bits per heavy atom. The molecule has 6 heteroatoms. The summed E-state index contributed by atoms with van der Waals surface area (Å²) in [6, 6.07) is 12.3. The van der Waals surface area contributed by atoms with Gasteiger partial charge in [-0.15, -0.1) is 0 Å². The van der Waals surface area contributed by atoms with Crippen molar-refractivity contribution in [2.75, 3.05) is 11.9 Å². The summed E-state index contributed by atoms with van der Waals surface area (Å²) in [5.41, 5.74) is 0.0792. The van der Waals surface area contributed by atoms with E-state index in [4.69, 9.17) is 5.26 Å². The smallest absolute Gasteiger partial charge is 0.329 e. The molecule has 0 bridgehead atoms. The molecule has 3 nitrogen and oxygen atoms in total. The van der Waals surface area contributed by atoms with E-state index in [1.54, 1.807) is 31.3 Å². The summed E-state index contributed by atoms with van der Waals surface area (Å²) in [5.74, 6) is 0.162. The van der Waals surface area contributed by atoms with Crippen LogP contribution in [0.5, 0.6) is 0 Å². The molecule has 1 aromatic heterocycles. The Labute approximate surface area is 113 Å². The van der Waals surface area contributed by atoms with Crippen LogP contribution >= 0.6 is 0 Å². The van der Waals surface area contributed by atoms with Crippen molar-refractivity contribution in [3.05, 3.63) is 53.7 Å². The zero-order chi connectivity index (χ0) is 14.8. The fraction of sp³-hybridized carbons (Fsp3) is 0.143. The van der Waals surface area contributed by atoms with Crippen molar-refractivity contribution >= 4 is 11.5 Å². The van der Waals surface area contributed by atoms with Crippen molar-refractivity contribution < 1.29 is 13.2 Å². The van der Waals surface area contributed by atoms with Gasteiger partial charge in [0.25, 0.3) is 0 Å². The van der Waals surface area contributed by atoms with Crippen LogP contribution in [-0.4, -0.2) is 12.0 Å². The lowest BCUT2D eigenvalue weighted by molar-refractivity contribution is -0.141. The average molecular weight is 277 g/mol. The van der Waals surface area contributed by atoms with Crippen molar-refractivity contribution in [2.24, 2.45) is 0 Å². The number of nitrogens with zero attached hydrogens (tertiary/aromatic N) is 3. The molecule has 2 aromatic rings. The third-order valence-electron chi connectivity index (χ3n) is 2.73. The summed E-state index contributed by atoms with van der Waals surface area (Å²) >= 11 is 0. The van der Waals surface area contributed by atoms with Crippen LogP contribution in [-0.2, 0) is 6.18 Å². The zero-order valence-corrected chi connectivity index (χ0v) is 10.5. The fourth-order valence-electron chi connectivity index (χ4n) is 1.68. The Morgan fingerprint density at radius 3 is 2.50 bits per heavy atom. The van der Waals surface area contributed by atoms with Gasteiger partial charge >= 0.3 is 6.18 Å². The number of anilines is 2. The van der Waals surface area contributed by atoms with E-state index in [1.165, 1.54) is 17.0 Å². The van der Waals surface area contributed by atoms with E-state index in [9.17, 15) is 13.2 Å². The first-order valence-corrected chi connectivity index (χ1v) is 5.70. The number of rotatable bonds is 2. The highest BCUT2D eigenvalue weighted by Gasteiger charge is 2.32. The van der Waals surface area contributed by atoms with Crippen LogP contribution < -0.4 is 4.90 Å². The summed E-state index contributed by atoms with van der Waals surface area (Å²) < 4.78 is 37.9. The van der Waals surface area contributed by atoms with Gasteiger partial charge in [-0.2, -0.15) is 18.4 Å². The summed E-state index contributed by atoms with van der Waals surface area (Å²) in [6.07, 6.45) is -4.48. The first-order chi connectivity index (χ1) is 9.41. The second-order valence-corrected chi connectivity index (χ2v) is 4.10. The summed E-state index contributed by atoms with van der Waals surface area (Å²) in [6.45, 7) is 0. The number of hydrogen-bond acceptors (Lipinski definition) is 3. The van der Waals surface area contributed by atoms with Gasteiger partial charge in [0.15, 0.2) is 0 Å². The Kier molecular flexibility index (Phi) is 3.61. The van der Waals surface area contributed by atoms with Gasteiger partial charge in [0.1, 0.15) is 11.5 Å². The average Bonchev–Trinajstić information content (AvgIpc) is 2.46. The number of alkyl halides is 3. The zero-order valence-electron chi connectivity index (χ0n) is 10.5. The van der Waals surface area contributed by atoms with Crippen LogP contribution in [0.25, 0.3) is 0 Å². The molecule has 0 fully saturated rings. The van der Waals surface area contributed by atoms with E-state index in [0.29, 0.717) is 11.3 Å². The van der Waals surface area contributed by atoms with Gasteiger partial charge in [0.2, 0.25) is 0 Å². The number of nitriles is 1. The molecule has 0 spiro atoms. The monoisotopic (exact) mass is 277 g/mol. The Hall–Kier alpha value is -2.55. The number of aromatic nitrogens is 1. The van der Waals surface area contributed by atoms with E-state index in [1.807, 2.05) is 6.07 Å². The Morgan fingerprint density at radius 1 is 1.15 bits per heavy atom. The SMILES string of the molecule is CN(c1cccc(C#N)c1)c1cccc(C(F)(F)F)n1. The first kappa shape index (κ1) is 13.9. The first-order valence-electron chi connectivity index (χ1n) is 5.70. The van der Waals surface area contributed by atoms with Crippen molar-refractivity contribution in [1.29, 1.82) is 5.26 Å². The van der Waals surface area contributed by atoms with Gasteiger partial charge in [-0.25, -0.2) is 4.98 Å². The van der Waals surface area contributed by atoms with Gasteiger partial charge < -0.3 is 4.90 Å². The Balaban J connectivity index is 2.38. The molecule has 0 radical (unpaired) electrons. The van der Waals surface area contributed by atoms with Crippen molar-refractivity contribution in [3.8, 4) is 6.07 Å². The third kappa shape index (κ3) is 2.88. The molecule has 1 heterocycles. The standard InChI is InChI=1S/C14H10F3N3/c1-20(11-5-2-4-10(8-11)9-18)13-7-3-6-12(19-13)14(15,16)17/h2-8H,1H3. The Bertz CT molecular complexity index is 659. The van der Waals surface area contributed by atoms with Gasteiger partial charge in [-0.3, -0.25) is 0 Å². The number of benzene rings is 1. The molecule has 0 unspecified atom stereocenters. The molecule has 2 rings (SSSR count). The van der Waals surface area contributed by atoms with Crippen LogP contribution in [0, 0.1) is 11.3 Å². The van der Waals surface area contributed by atoms with Gasteiger partial charge in [-0.05, 0) is 30.3 Å². The van der Waals surface area contributed by atoms with E-state index < -0.39 is 11.9 Å². The topological polar surface area (TPSA) is 39.9 Å². The lowest BCUT2D eigenvalue weighted by atomic mass is 10.2. The number of hydrogen-bond donors (Lipinski definition) is 0. The molecule has 0 N–H and O–H groups in total. The van der Waals surface area contributed by atoms with Gasteiger partial charge in [-0.1, -0.05) is 12.1 Å². The van der Waals surface area contributed by atoms with Crippen LogP contribution in [0.15, 0.2) is 42.5 Å². The third-order valence-corrected chi connectivity index (χ3v) is 2.73. The van der Waals surface area contributed by atoms with Crippen molar-refractivity contribution in [1.82, 2.24) is 4.98 Å². The molecule has 1 aromatic carbocycles. The molecular formula is C14H10F3N3. The highest BCUT2D eigenvalue weighted by molar-refractivity contribution is 5.61. The van der Waals surface area contributed by atoms with Crippen LogP contribution in [0.2, 0.25) is 0 Å². The highest BCUT2D eigenvalue weighted by atomic mass is 19.4. The van der Waals surface area contributed by atoms with Crippen LogP contribution in [0.3, 0.4) is 0 Å². The van der Waals surface area contributed by atoms with Crippen LogP contribution in [0.1, 0.15) is 11.3 Å². The normalized spacial score (nSPS) is 10.9. The molecular weight excluding hydrogens is 267 g/mol. The number of pyridine rings is 1. The molecule has 0 saturated carbocycles. The summed E-state index contributed by atoms with van der Waals surface area (Å²) in [4.78, 5) is 5.09. The van der Waals surface area contributed by atoms with Crippen molar-refractivity contribution in [3.63, 3.8) is 0 Å². The van der Waals surface area contributed by atoms with E-state index in [0.717, 1.165) is 6.07 Å². The lowest BCUT2D eigenvalue weighted by Crippen LogP contribution is -2.15. The molecule has 20 heavy (non-hydrogen) atoms. The minimum Gasteiger partial charge on any atom is -0.329 e. The largest absolute Gasteiger partial charge is 0.433 e. The van der Waals surface area contributed by atoms with E-state index in [2.05, 4.69) is 4.98 Å². The lowest BCUT2D eigenvalue weighted by Gasteiger charge is -2.19. The van der Waals surface area contributed by atoms with E-state index in [-0.39, 0.29) is 5.82 Å². The maximum absolute atomic E-state index is 12.6. The molecule has 0 amide bonds. The maximum Gasteiger partial charge on any atom is 0.433 e. The summed E-state index contributed by atoms with van der Waals surface area (Å²) in [7, 11) is 1.60. The predicted molar refractivity (Wildman–Crippen MR) is 68.5 cm³/mol. The quantitative estimate of drug-likeness (QED) is 0.839.